The Morgan fingerprint density at radius 2 is 2.06 bits per heavy atom. The van der Waals surface area contributed by atoms with Gasteiger partial charge in [-0.3, -0.25) is 0 Å². The fraction of sp³-hybridized carbons (Fsp3) is 0.500. The number of para-hydroxylation sites is 2. The first-order valence-electron chi connectivity index (χ1n) is 6.41. The number of benzene rings is 1. The number of imidazole rings is 1. The normalized spacial score (nSPS) is 11.2. The average molecular weight is 233 g/mol. The fourth-order valence-electron chi connectivity index (χ4n) is 2.01. The minimum absolute atomic E-state index is 0.646. The number of hydrogen-bond donors (Lipinski definition) is 0. The van der Waals surface area contributed by atoms with Crippen LogP contribution in [0.2, 0.25) is 0 Å². The van der Waals surface area contributed by atoms with Gasteiger partial charge in [0.05, 0.1) is 13.2 Å². The van der Waals surface area contributed by atoms with E-state index >= 15 is 0 Å². The van der Waals surface area contributed by atoms with E-state index in [0.29, 0.717) is 6.73 Å². The Morgan fingerprint density at radius 1 is 1.24 bits per heavy atom. The minimum Gasteiger partial charge on any atom is -0.342 e. The Bertz CT molecular complexity index is 476. The van der Waals surface area contributed by atoms with Gasteiger partial charge in [0.1, 0.15) is 0 Å². The summed E-state index contributed by atoms with van der Waals surface area (Å²) in [5, 5.41) is 0. The zero-order chi connectivity index (χ0) is 12.1. The Labute approximate surface area is 103 Å². The molecule has 0 atom stereocenters. The van der Waals surface area contributed by atoms with E-state index < -0.39 is 0 Å². The van der Waals surface area contributed by atoms with Gasteiger partial charge in [-0.05, 0) is 25.5 Å². The molecule has 0 saturated carbocycles. The van der Waals surface area contributed by atoms with Crippen LogP contribution in [0.3, 0.4) is 0 Å². The molecule has 0 amide bonds. The van der Waals surface area contributed by atoms with Crippen LogP contribution in [-0.4, -0.2) is 11.2 Å². The highest BCUT2D eigenvalue weighted by Gasteiger charge is 2.13. The maximum atomic E-state index is 5.68. The van der Waals surface area contributed by atoms with Crippen LogP contribution in [0.15, 0.2) is 30.6 Å². The SMILES string of the molecule is CCCCOC[n+]1cn(CC)c2ccccc21. The van der Waals surface area contributed by atoms with Crippen molar-refractivity contribution in [1.82, 2.24) is 4.57 Å². The number of aryl methyl sites for hydroxylation is 1. The number of unbranched alkanes of at least 4 members (excludes halogenated alkanes) is 1. The molecule has 3 nitrogen and oxygen atoms in total. The predicted molar refractivity (Wildman–Crippen MR) is 68.7 cm³/mol. The minimum atomic E-state index is 0.646. The molecule has 2 rings (SSSR count). The first-order chi connectivity index (χ1) is 8.36. The molecule has 3 heteroatoms. The van der Waals surface area contributed by atoms with Crippen molar-refractivity contribution >= 4 is 11.0 Å². The largest absolute Gasteiger partial charge is 0.342 e. The molecule has 0 N–H and O–H groups in total. The lowest BCUT2D eigenvalue weighted by Gasteiger charge is -1.99. The van der Waals surface area contributed by atoms with Gasteiger partial charge >= 0.3 is 0 Å². The summed E-state index contributed by atoms with van der Waals surface area (Å²) in [6.07, 6.45) is 4.45. The van der Waals surface area contributed by atoms with Crippen molar-refractivity contribution in [2.45, 2.75) is 40.0 Å². The van der Waals surface area contributed by atoms with E-state index in [1.165, 1.54) is 17.5 Å². The molecule has 0 aliphatic carbocycles. The summed E-state index contributed by atoms with van der Waals surface area (Å²) in [7, 11) is 0. The molecule has 17 heavy (non-hydrogen) atoms. The van der Waals surface area contributed by atoms with Crippen molar-refractivity contribution in [2.75, 3.05) is 6.61 Å². The molecular formula is C14H21N2O+. The third-order valence-corrected chi connectivity index (χ3v) is 2.99. The second-order valence-corrected chi connectivity index (χ2v) is 4.25. The smallest absolute Gasteiger partial charge is 0.246 e. The molecule has 0 radical (unpaired) electrons. The molecule has 92 valence electrons. The molecule has 0 saturated heterocycles. The predicted octanol–water partition coefficient (Wildman–Crippen LogP) is 2.72. The monoisotopic (exact) mass is 233 g/mol. The quantitative estimate of drug-likeness (QED) is 0.554. The van der Waals surface area contributed by atoms with Gasteiger partial charge in [0.2, 0.25) is 6.33 Å². The molecule has 0 aliphatic heterocycles. The topological polar surface area (TPSA) is 18.0 Å². The third kappa shape index (κ3) is 2.67. The number of ether oxygens (including phenoxy) is 1. The molecule has 1 aromatic heterocycles. The zero-order valence-electron chi connectivity index (χ0n) is 10.7. The van der Waals surface area contributed by atoms with Crippen molar-refractivity contribution in [3.63, 3.8) is 0 Å². The maximum absolute atomic E-state index is 5.68. The van der Waals surface area contributed by atoms with Crippen LogP contribution < -0.4 is 4.57 Å². The number of rotatable bonds is 6. The Kier molecular flexibility index (Phi) is 4.15. The van der Waals surface area contributed by atoms with Gasteiger partial charge in [-0.1, -0.05) is 25.5 Å². The summed E-state index contributed by atoms with van der Waals surface area (Å²) >= 11 is 0. The van der Waals surface area contributed by atoms with Crippen molar-refractivity contribution < 1.29 is 9.30 Å². The number of nitrogens with zero attached hydrogens (tertiary/aromatic N) is 2. The zero-order valence-corrected chi connectivity index (χ0v) is 10.7. The molecule has 0 unspecified atom stereocenters. The molecule has 0 bridgehead atoms. The molecule has 0 fully saturated rings. The van der Waals surface area contributed by atoms with Gasteiger partial charge in [-0.15, -0.1) is 0 Å². The van der Waals surface area contributed by atoms with E-state index in [1.54, 1.807) is 0 Å². The molecule has 2 aromatic rings. The maximum Gasteiger partial charge on any atom is 0.246 e. The van der Waals surface area contributed by atoms with E-state index in [-0.39, 0.29) is 0 Å². The number of hydrogen-bond acceptors (Lipinski definition) is 1. The van der Waals surface area contributed by atoms with Crippen LogP contribution in [-0.2, 0) is 18.0 Å². The summed E-state index contributed by atoms with van der Waals surface area (Å²) in [6, 6.07) is 8.45. The fourth-order valence-corrected chi connectivity index (χ4v) is 2.01. The summed E-state index contributed by atoms with van der Waals surface area (Å²) in [6.45, 7) is 6.82. The summed E-state index contributed by atoms with van der Waals surface area (Å²) in [5.41, 5.74) is 2.51. The van der Waals surface area contributed by atoms with Crippen molar-refractivity contribution in [2.24, 2.45) is 0 Å². The molecule has 0 spiro atoms. The molecule has 0 aliphatic rings. The van der Waals surface area contributed by atoms with E-state index in [9.17, 15) is 0 Å². The summed E-state index contributed by atoms with van der Waals surface area (Å²) in [4.78, 5) is 0. The second-order valence-electron chi connectivity index (χ2n) is 4.25. The van der Waals surface area contributed by atoms with Crippen LogP contribution in [0.1, 0.15) is 26.7 Å². The van der Waals surface area contributed by atoms with Crippen molar-refractivity contribution in [3.05, 3.63) is 30.6 Å². The first kappa shape index (κ1) is 12.1. The summed E-state index contributed by atoms with van der Waals surface area (Å²) < 4.78 is 10.1. The first-order valence-corrected chi connectivity index (χ1v) is 6.41. The Hall–Kier alpha value is -1.35. The van der Waals surface area contributed by atoms with Gasteiger partial charge < -0.3 is 4.74 Å². The van der Waals surface area contributed by atoms with Crippen molar-refractivity contribution in [1.29, 1.82) is 0 Å². The van der Waals surface area contributed by atoms with Gasteiger partial charge in [-0.2, -0.15) is 0 Å². The molecule has 1 heterocycles. The standard InChI is InChI=1S/C14H21N2O/c1-3-5-10-17-12-16-11-15(4-2)13-8-6-7-9-14(13)16/h6-9,11H,3-5,10,12H2,1-2H3/q+1. The Morgan fingerprint density at radius 3 is 2.82 bits per heavy atom. The number of aromatic nitrogens is 2. The average Bonchev–Trinajstić information content (AvgIpc) is 2.73. The van der Waals surface area contributed by atoms with Crippen LogP contribution >= 0.6 is 0 Å². The third-order valence-electron chi connectivity index (χ3n) is 2.99. The molecule has 1 aromatic carbocycles. The van der Waals surface area contributed by atoms with E-state index in [1.807, 2.05) is 0 Å². The van der Waals surface area contributed by atoms with Gasteiger partial charge in [0, 0.05) is 0 Å². The lowest BCUT2D eigenvalue weighted by molar-refractivity contribution is -0.710. The highest BCUT2D eigenvalue weighted by Crippen LogP contribution is 2.10. The molecular weight excluding hydrogens is 212 g/mol. The highest BCUT2D eigenvalue weighted by molar-refractivity contribution is 5.71. The van der Waals surface area contributed by atoms with Crippen molar-refractivity contribution in [3.8, 4) is 0 Å². The van der Waals surface area contributed by atoms with Gasteiger partial charge in [-0.25, -0.2) is 9.13 Å². The summed E-state index contributed by atoms with van der Waals surface area (Å²) in [5.74, 6) is 0. The Balaban J connectivity index is 2.16. The van der Waals surface area contributed by atoms with Crippen LogP contribution in [0.4, 0.5) is 0 Å². The lowest BCUT2D eigenvalue weighted by atomic mass is 10.3. The lowest BCUT2D eigenvalue weighted by Crippen LogP contribution is -2.33. The van der Waals surface area contributed by atoms with E-state index in [4.69, 9.17) is 4.74 Å². The van der Waals surface area contributed by atoms with E-state index in [2.05, 4.69) is 53.6 Å². The van der Waals surface area contributed by atoms with Gasteiger partial charge in [0.15, 0.2) is 17.8 Å². The van der Waals surface area contributed by atoms with Crippen LogP contribution in [0.5, 0.6) is 0 Å². The van der Waals surface area contributed by atoms with Crippen LogP contribution in [0.25, 0.3) is 11.0 Å². The van der Waals surface area contributed by atoms with Gasteiger partial charge in [0.25, 0.3) is 0 Å². The second kappa shape index (κ2) is 5.82. The van der Waals surface area contributed by atoms with Crippen LogP contribution in [0, 0.1) is 0 Å². The highest BCUT2D eigenvalue weighted by atomic mass is 16.5. The number of fused-ring (bicyclic) bond motifs is 1. The van der Waals surface area contributed by atoms with E-state index in [0.717, 1.165) is 19.6 Å².